The predicted molar refractivity (Wildman–Crippen MR) is 125 cm³/mol. The first-order valence-electron chi connectivity index (χ1n) is 11.8. The lowest BCUT2D eigenvalue weighted by Crippen LogP contribution is -2.61. The Morgan fingerprint density at radius 1 is 1.03 bits per heavy atom. The van der Waals surface area contributed by atoms with Crippen LogP contribution in [0.3, 0.4) is 0 Å². The third-order valence-corrected chi connectivity index (χ3v) is 6.78. The van der Waals surface area contributed by atoms with Crippen LogP contribution in [0.4, 0.5) is 4.79 Å². The molecule has 36 heavy (non-hydrogen) atoms. The molecule has 2 unspecified atom stereocenters. The summed E-state index contributed by atoms with van der Waals surface area (Å²) in [6, 6.07) is 6.35. The van der Waals surface area contributed by atoms with Crippen LogP contribution in [0.1, 0.15) is 37.3 Å². The van der Waals surface area contributed by atoms with Crippen molar-refractivity contribution in [3.8, 4) is 28.6 Å². The van der Waals surface area contributed by atoms with E-state index in [0.717, 1.165) is 25.7 Å². The quantitative estimate of drug-likeness (QED) is 0.457. The highest BCUT2D eigenvalue weighted by atomic mass is 16.5. The Morgan fingerprint density at radius 2 is 1.78 bits per heavy atom. The van der Waals surface area contributed by atoms with Crippen LogP contribution in [0.25, 0.3) is 11.4 Å². The summed E-state index contributed by atoms with van der Waals surface area (Å²) in [6.45, 7) is 0.185. The maximum absolute atomic E-state index is 13.5. The van der Waals surface area contributed by atoms with E-state index in [1.54, 1.807) is 29.2 Å². The highest BCUT2D eigenvalue weighted by Crippen LogP contribution is 2.41. The largest absolute Gasteiger partial charge is 0.493 e. The van der Waals surface area contributed by atoms with Gasteiger partial charge in [0.25, 0.3) is 0 Å². The Morgan fingerprint density at radius 3 is 2.44 bits per heavy atom. The standard InChI is InChI=1S/C25H28N4O7/c1-32-19-11-15(12-20(33-2)22(19)34-3)23-26-21(36-27-23)14-28-18-9-5-4-8-17(18)24(30)29(25(28)31)13-16-7-6-10-35-16/h6-7,10-12,17-18H,4-5,8-9,13-14H2,1-3H3. The SMILES string of the molecule is COc1cc(-c2noc(CN3C(=O)N(Cc4ccco4)C(=O)C4CCCCC43)n2)cc(OC)c1OC. The molecule has 1 saturated carbocycles. The maximum Gasteiger partial charge on any atom is 0.327 e. The molecule has 2 fully saturated rings. The van der Waals surface area contributed by atoms with E-state index in [4.69, 9.17) is 23.2 Å². The monoisotopic (exact) mass is 496 g/mol. The van der Waals surface area contributed by atoms with Gasteiger partial charge in [-0.05, 0) is 37.1 Å². The number of carbonyl (C=O) groups excluding carboxylic acids is 2. The van der Waals surface area contributed by atoms with Crippen molar-refractivity contribution < 1.29 is 32.7 Å². The van der Waals surface area contributed by atoms with Crippen molar-refractivity contribution in [2.75, 3.05) is 21.3 Å². The molecular weight excluding hydrogens is 468 g/mol. The third kappa shape index (κ3) is 4.25. The number of methoxy groups -OCH3 is 3. The van der Waals surface area contributed by atoms with Crippen LogP contribution in [0, 0.1) is 5.92 Å². The topological polar surface area (TPSA) is 120 Å². The lowest BCUT2D eigenvalue weighted by molar-refractivity contribution is -0.141. The van der Waals surface area contributed by atoms with Gasteiger partial charge < -0.3 is 28.1 Å². The molecule has 2 atom stereocenters. The predicted octanol–water partition coefficient (Wildman–Crippen LogP) is 3.88. The normalized spacial score (nSPS) is 19.9. The minimum Gasteiger partial charge on any atom is -0.493 e. The van der Waals surface area contributed by atoms with Crippen molar-refractivity contribution >= 4 is 11.9 Å². The molecule has 3 aromatic rings. The zero-order valence-electron chi connectivity index (χ0n) is 20.4. The first-order valence-corrected chi connectivity index (χ1v) is 11.8. The average molecular weight is 497 g/mol. The summed E-state index contributed by atoms with van der Waals surface area (Å²) in [4.78, 5) is 34.2. The Hall–Kier alpha value is -4.02. The van der Waals surface area contributed by atoms with E-state index in [2.05, 4.69) is 10.1 Å². The molecule has 1 aliphatic heterocycles. The van der Waals surface area contributed by atoms with Gasteiger partial charge in [-0.2, -0.15) is 4.98 Å². The zero-order valence-corrected chi connectivity index (χ0v) is 20.4. The number of nitrogens with zero attached hydrogens (tertiary/aromatic N) is 4. The first kappa shape index (κ1) is 23.7. The van der Waals surface area contributed by atoms with E-state index in [9.17, 15) is 9.59 Å². The molecular formula is C25H28N4O7. The van der Waals surface area contributed by atoms with Gasteiger partial charge in [0.2, 0.25) is 23.4 Å². The molecule has 1 saturated heterocycles. The molecule has 190 valence electrons. The van der Waals surface area contributed by atoms with E-state index >= 15 is 0 Å². The minimum absolute atomic E-state index is 0.0882. The number of aromatic nitrogens is 2. The molecule has 1 aliphatic carbocycles. The summed E-state index contributed by atoms with van der Waals surface area (Å²) in [5.74, 6) is 2.10. The summed E-state index contributed by atoms with van der Waals surface area (Å²) >= 11 is 0. The number of rotatable bonds is 8. The van der Waals surface area contributed by atoms with Crippen molar-refractivity contribution in [1.82, 2.24) is 19.9 Å². The molecule has 0 bridgehead atoms. The van der Waals surface area contributed by atoms with Crippen LogP contribution >= 0.6 is 0 Å². The molecule has 2 aromatic heterocycles. The van der Waals surface area contributed by atoms with E-state index in [1.165, 1.54) is 32.5 Å². The summed E-state index contributed by atoms with van der Waals surface area (Å²) in [5, 5.41) is 4.11. The zero-order chi connectivity index (χ0) is 25.2. The van der Waals surface area contributed by atoms with Gasteiger partial charge in [-0.15, -0.1) is 0 Å². The number of hydrogen-bond acceptors (Lipinski definition) is 9. The number of imide groups is 1. The molecule has 0 N–H and O–H groups in total. The molecule has 3 amide bonds. The average Bonchev–Trinajstić information content (AvgIpc) is 3.60. The van der Waals surface area contributed by atoms with Crippen molar-refractivity contribution in [3.63, 3.8) is 0 Å². The number of amides is 3. The van der Waals surface area contributed by atoms with Crippen LogP contribution < -0.4 is 14.2 Å². The summed E-state index contributed by atoms with van der Waals surface area (Å²) < 4.78 is 27.1. The summed E-state index contributed by atoms with van der Waals surface area (Å²) in [5.41, 5.74) is 0.606. The number of carbonyl (C=O) groups is 2. The molecule has 2 aliphatic rings. The van der Waals surface area contributed by atoms with Gasteiger partial charge in [0, 0.05) is 11.6 Å². The highest BCUT2D eigenvalue weighted by Gasteiger charge is 2.47. The Labute approximate surface area is 207 Å². The van der Waals surface area contributed by atoms with Crippen LogP contribution in [0.15, 0.2) is 39.5 Å². The van der Waals surface area contributed by atoms with E-state index in [-0.39, 0.29) is 42.9 Å². The molecule has 0 radical (unpaired) electrons. The number of fused-ring (bicyclic) bond motifs is 1. The van der Waals surface area contributed by atoms with Crippen molar-refractivity contribution in [1.29, 1.82) is 0 Å². The van der Waals surface area contributed by atoms with Gasteiger partial charge in [0.15, 0.2) is 11.5 Å². The fourth-order valence-electron chi connectivity index (χ4n) is 5.04. The Balaban J connectivity index is 1.42. The van der Waals surface area contributed by atoms with Gasteiger partial charge in [-0.3, -0.25) is 9.69 Å². The van der Waals surface area contributed by atoms with E-state index in [1.807, 2.05) is 0 Å². The van der Waals surface area contributed by atoms with E-state index in [0.29, 0.717) is 34.4 Å². The van der Waals surface area contributed by atoms with Gasteiger partial charge in [0.05, 0.1) is 40.1 Å². The minimum atomic E-state index is -0.382. The highest BCUT2D eigenvalue weighted by molar-refractivity contribution is 5.98. The van der Waals surface area contributed by atoms with Gasteiger partial charge in [-0.1, -0.05) is 18.0 Å². The van der Waals surface area contributed by atoms with Crippen molar-refractivity contribution in [2.45, 2.75) is 44.8 Å². The number of benzene rings is 1. The van der Waals surface area contributed by atoms with Crippen LogP contribution in [0.2, 0.25) is 0 Å². The fraction of sp³-hybridized carbons (Fsp3) is 0.440. The molecule has 0 spiro atoms. The van der Waals surface area contributed by atoms with Crippen LogP contribution in [-0.4, -0.2) is 59.2 Å². The summed E-state index contributed by atoms with van der Waals surface area (Å²) in [6.07, 6.45) is 4.93. The van der Waals surface area contributed by atoms with E-state index < -0.39 is 0 Å². The maximum atomic E-state index is 13.5. The second-order valence-corrected chi connectivity index (χ2v) is 8.80. The van der Waals surface area contributed by atoms with Gasteiger partial charge in [0.1, 0.15) is 12.3 Å². The molecule has 5 rings (SSSR count). The van der Waals surface area contributed by atoms with Gasteiger partial charge in [-0.25, -0.2) is 4.79 Å². The molecule has 11 nitrogen and oxygen atoms in total. The van der Waals surface area contributed by atoms with Crippen LogP contribution in [0.5, 0.6) is 17.2 Å². The summed E-state index contributed by atoms with van der Waals surface area (Å²) in [7, 11) is 4.59. The Kier molecular flexibility index (Phi) is 6.53. The number of hydrogen-bond donors (Lipinski definition) is 0. The Bertz CT molecular complexity index is 1210. The van der Waals surface area contributed by atoms with Crippen molar-refractivity contribution in [2.24, 2.45) is 5.92 Å². The van der Waals surface area contributed by atoms with Gasteiger partial charge >= 0.3 is 6.03 Å². The second-order valence-electron chi connectivity index (χ2n) is 8.80. The number of furan rings is 1. The lowest BCUT2D eigenvalue weighted by atomic mass is 9.81. The first-order chi connectivity index (χ1) is 17.5. The molecule has 3 heterocycles. The molecule has 11 heteroatoms. The second kappa shape index (κ2) is 9.92. The van der Waals surface area contributed by atoms with Crippen molar-refractivity contribution in [3.05, 3.63) is 42.2 Å². The number of ether oxygens (including phenoxy) is 3. The fourth-order valence-corrected chi connectivity index (χ4v) is 5.04. The smallest absolute Gasteiger partial charge is 0.327 e. The lowest BCUT2D eigenvalue weighted by Gasteiger charge is -2.46. The number of urea groups is 1. The molecule has 1 aromatic carbocycles. The third-order valence-electron chi connectivity index (χ3n) is 6.78. The van der Waals surface area contributed by atoms with Crippen LogP contribution in [-0.2, 0) is 17.9 Å².